The van der Waals surface area contributed by atoms with Gasteiger partial charge in [0.2, 0.25) is 11.8 Å². The van der Waals surface area contributed by atoms with Crippen molar-refractivity contribution in [3.05, 3.63) is 28.2 Å². The average Bonchev–Trinajstić information content (AvgIpc) is 2.50. The second-order valence-electron chi connectivity index (χ2n) is 6.00. The van der Waals surface area contributed by atoms with Crippen molar-refractivity contribution in [3.8, 4) is 0 Å². The zero-order valence-corrected chi connectivity index (χ0v) is 14.5. The number of aryl methyl sites for hydroxylation is 1. The Morgan fingerprint density at radius 3 is 2.59 bits per heavy atom. The second-order valence-corrected chi connectivity index (χ2v) is 6.85. The number of benzene rings is 1. The van der Waals surface area contributed by atoms with Crippen LogP contribution in [-0.4, -0.2) is 18.4 Å². The van der Waals surface area contributed by atoms with E-state index < -0.39 is 0 Å². The predicted octanol–water partition coefficient (Wildman–Crippen LogP) is 3.78. The fraction of sp³-hybridized carbons (Fsp3) is 0.529. The lowest BCUT2D eigenvalue weighted by Gasteiger charge is -2.20. The van der Waals surface area contributed by atoms with Crippen LogP contribution in [0, 0.1) is 12.8 Å². The minimum absolute atomic E-state index is 0.0194. The summed E-state index contributed by atoms with van der Waals surface area (Å²) in [6, 6.07) is 5.62. The van der Waals surface area contributed by atoms with Gasteiger partial charge in [-0.15, -0.1) is 0 Å². The van der Waals surface area contributed by atoms with Crippen LogP contribution in [0.5, 0.6) is 0 Å². The molecule has 2 rings (SSSR count). The fourth-order valence-corrected chi connectivity index (χ4v) is 3.08. The highest BCUT2D eigenvalue weighted by Gasteiger charge is 2.17. The third-order valence-electron chi connectivity index (χ3n) is 4.09. The highest BCUT2D eigenvalue weighted by Crippen LogP contribution is 2.26. The first kappa shape index (κ1) is 17.0. The molecule has 0 heterocycles. The third kappa shape index (κ3) is 5.44. The molecule has 0 spiro atoms. The van der Waals surface area contributed by atoms with Crippen LogP contribution in [0.3, 0.4) is 0 Å². The highest BCUT2D eigenvalue weighted by atomic mass is 79.9. The molecule has 1 fully saturated rings. The molecule has 1 aliphatic carbocycles. The molecule has 0 aliphatic heterocycles. The zero-order valence-electron chi connectivity index (χ0n) is 13.0. The van der Waals surface area contributed by atoms with Crippen LogP contribution in [0.4, 0.5) is 5.69 Å². The first-order valence-corrected chi connectivity index (χ1v) is 8.66. The van der Waals surface area contributed by atoms with Crippen LogP contribution in [0.15, 0.2) is 22.7 Å². The van der Waals surface area contributed by atoms with E-state index in [-0.39, 0.29) is 18.4 Å². The van der Waals surface area contributed by atoms with Crippen LogP contribution in [0.25, 0.3) is 0 Å². The van der Waals surface area contributed by atoms with E-state index in [4.69, 9.17) is 0 Å². The summed E-state index contributed by atoms with van der Waals surface area (Å²) in [5, 5.41) is 5.51. The number of hydrogen-bond acceptors (Lipinski definition) is 2. The van der Waals surface area contributed by atoms with Crippen LogP contribution in [-0.2, 0) is 9.59 Å². The van der Waals surface area contributed by atoms with E-state index in [1.807, 2.05) is 25.1 Å². The summed E-state index contributed by atoms with van der Waals surface area (Å²) < 4.78 is 1.01. The van der Waals surface area contributed by atoms with Gasteiger partial charge in [-0.3, -0.25) is 9.59 Å². The van der Waals surface area contributed by atoms with Crippen LogP contribution < -0.4 is 10.6 Å². The highest BCUT2D eigenvalue weighted by molar-refractivity contribution is 9.10. The maximum absolute atomic E-state index is 11.9. The molecule has 0 radical (unpaired) electrons. The molecule has 1 aromatic carbocycles. The largest absolute Gasteiger partial charge is 0.347 e. The zero-order chi connectivity index (χ0) is 15.9. The molecule has 5 heteroatoms. The van der Waals surface area contributed by atoms with Crippen LogP contribution in [0.2, 0.25) is 0 Å². The van der Waals surface area contributed by atoms with Crippen molar-refractivity contribution < 1.29 is 9.59 Å². The second kappa shape index (κ2) is 8.32. The SMILES string of the molecule is Cc1cc(NC(=O)CNC(=O)CC2CCCCC2)ccc1Br. The number of hydrogen-bond donors (Lipinski definition) is 2. The molecule has 0 aromatic heterocycles. The number of anilines is 1. The van der Waals surface area contributed by atoms with Crippen molar-refractivity contribution in [1.29, 1.82) is 0 Å². The molecular weight excluding hydrogens is 344 g/mol. The maximum Gasteiger partial charge on any atom is 0.243 e. The summed E-state index contributed by atoms with van der Waals surface area (Å²) in [7, 11) is 0. The van der Waals surface area contributed by atoms with E-state index in [0.29, 0.717) is 12.3 Å². The monoisotopic (exact) mass is 366 g/mol. The van der Waals surface area contributed by atoms with Gasteiger partial charge in [0.15, 0.2) is 0 Å². The molecule has 1 aliphatic rings. The molecule has 2 amide bonds. The number of nitrogens with one attached hydrogen (secondary N) is 2. The molecule has 0 bridgehead atoms. The first-order valence-electron chi connectivity index (χ1n) is 7.87. The standard InChI is InChI=1S/C17H23BrN2O2/c1-12-9-14(7-8-15(12)18)20-17(22)11-19-16(21)10-13-5-3-2-4-6-13/h7-9,13H,2-6,10-11H2,1H3,(H,19,21)(H,20,22). The van der Waals surface area contributed by atoms with Crippen LogP contribution >= 0.6 is 15.9 Å². The summed E-state index contributed by atoms with van der Waals surface area (Å²) >= 11 is 3.42. The van der Waals surface area contributed by atoms with Crippen molar-refractivity contribution in [2.75, 3.05) is 11.9 Å². The number of halogens is 1. The Hall–Kier alpha value is -1.36. The Morgan fingerprint density at radius 2 is 1.91 bits per heavy atom. The van der Waals surface area contributed by atoms with Crippen LogP contribution in [0.1, 0.15) is 44.1 Å². The van der Waals surface area contributed by atoms with Crippen molar-refractivity contribution in [2.45, 2.75) is 45.4 Å². The Balaban J connectivity index is 1.72. The molecule has 1 aromatic rings. The molecule has 0 saturated heterocycles. The fourth-order valence-electron chi connectivity index (χ4n) is 2.83. The number of amides is 2. The van der Waals surface area contributed by atoms with Gasteiger partial charge in [0.25, 0.3) is 0 Å². The Labute approximate surface area is 140 Å². The smallest absolute Gasteiger partial charge is 0.243 e. The van der Waals surface area contributed by atoms with E-state index in [2.05, 4.69) is 26.6 Å². The Bertz CT molecular complexity index is 539. The molecular formula is C17H23BrN2O2. The van der Waals surface area contributed by atoms with Gasteiger partial charge in [0.05, 0.1) is 6.54 Å². The molecule has 4 nitrogen and oxygen atoms in total. The molecule has 0 atom stereocenters. The number of rotatable bonds is 5. The lowest BCUT2D eigenvalue weighted by Crippen LogP contribution is -2.34. The minimum Gasteiger partial charge on any atom is -0.347 e. The third-order valence-corrected chi connectivity index (χ3v) is 4.98. The van der Waals surface area contributed by atoms with E-state index >= 15 is 0 Å². The van der Waals surface area contributed by atoms with E-state index in [9.17, 15) is 9.59 Å². The quantitative estimate of drug-likeness (QED) is 0.832. The van der Waals surface area contributed by atoms with Gasteiger partial charge in [0, 0.05) is 16.6 Å². The Kier molecular flexibility index (Phi) is 6.43. The summed E-state index contributed by atoms with van der Waals surface area (Å²) in [6.07, 6.45) is 6.55. The maximum atomic E-state index is 11.9. The van der Waals surface area contributed by atoms with Gasteiger partial charge in [-0.2, -0.15) is 0 Å². The van der Waals surface area contributed by atoms with E-state index in [0.717, 1.165) is 28.6 Å². The van der Waals surface area contributed by atoms with Crippen molar-refractivity contribution in [1.82, 2.24) is 5.32 Å². The summed E-state index contributed by atoms with van der Waals surface area (Å²) in [6.45, 7) is 1.99. The summed E-state index contributed by atoms with van der Waals surface area (Å²) in [5.74, 6) is 0.277. The topological polar surface area (TPSA) is 58.2 Å². The average molecular weight is 367 g/mol. The van der Waals surface area contributed by atoms with E-state index in [1.165, 1.54) is 19.3 Å². The lowest BCUT2D eigenvalue weighted by molar-refractivity contribution is -0.125. The Morgan fingerprint density at radius 1 is 1.18 bits per heavy atom. The number of carbonyl (C=O) groups is 2. The predicted molar refractivity (Wildman–Crippen MR) is 91.7 cm³/mol. The number of carbonyl (C=O) groups excluding carboxylic acids is 2. The van der Waals surface area contributed by atoms with Crippen molar-refractivity contribution in [2.24, 2.45) is 5.92 Å². The summed E-state index contributed by atoms with van der Waals surface area (Å²) in [4.78, 5) is 23.7. The van der Waals surface area contributed by atoms with Gasteiger partial charge < -0.3 is 10.6 Å². The lowest BCUT2D eigenvalue weighted by atomic mass is 9.87. The minimum atomic E-state index is -0.196. The van der Waals surface area contributed by atoms with E-state index in [1.54, 1.807) is 0 Å². The molecule has 2 N–H and O–H groups in total. The van der Waals surface area contributed by atoms with Gasteiger partial charge in [-0.1, -0.05) is 35.2 Å². The first-order chi connectivity index (χ1) is 10.5. The molecule has 1 saturated carbocycles. The van der Waals surface area contributed by atoms with Gasteiger partial charge >= 0.3 is 0 Å². The summed E-state index contributed by atoms with van der Waals surface area (Å²) in [5.41, 5.74) is 1.80. The van der Waals surface area contributed by atoms with Crippen molar-refractivity contribution in [3.63, 3.8) is 0 Å². The van der Waals surface area contributed by atoms with Gasteiger partial charge in [-0.05, 0) is 49.4 Å². The van der Waals surface area contributed by atoms with Gasteiger partial charge in [-0.25, -0.2) is 0 Å². The molecule has 22 heavy (non-hydrogen) atoms. The molecule has 0 unspecified atom stereocenters. The van der Waals surface area contributed by atoms with Gasteiger partial charge in [0.1, 0.15) is 0 Å². The normalized spacial score (nSPS) is 15.4. The van der Waals surface area contributed by atoms with Crippen molar-refractivity contribution >= 4 is 33.4 Å². The molecule has 120 valence electrons.